The summed E-state index contributed by atoms with van der Waals surface area (Å²) in [5.74, 6) is 0.635. The Bertz CT molecular complexity index is 577. The Kier molecular flexibility index (Phi) is 3.74. The van der Waals surface area contributed by atoms with Crippen molar-refractivity contribution in [2.75, 3.05) is 17.7 Å². The van der Waals surface area contributed by atoms with Gasteiger partial charge in [-0.2, -0.15) is 5.10 Å². The Morgan fingerprint density at radius 1 is 1.37 bits per heavy atom. The number of nitrogen functional groups attached to an aromatic ring is 1. The number of benzene rings is 1. The van der Waals surface area contributed by atoms with Gasteiger partial charge in [0, 0.05) is 25.7 Å². The van der Waals surface area contributed by atoms with Crippen molar-refractivity contribution in [3.05, 3.63) is 41.3 Å². The third-order valence-corrected chi connectivity index (χ3v) is 3.17. The Morgan fingerprint density at radius 3 is 2.68 bits per heavy atom. The Balaban J connectivity index is 2.30. The first kappa shape index (κ1) is 13.4. The standard InChI is InChI=1S/C14H19FN4/c1-4-19-14(13(16)10(2)17-19)18(3)9-11-7-5-6-8-12(11)15/h5-8H,4,9,16H2,1-3H3. The molecule has 2 rings (SSSR count). The molecule has 2 N–H and O–H groups in total. The van der Waals surface area contributed by atoms with Crippen LogP contribution in [0.2, 0.25) is 0 Å². The summed E-state index contributed by atoms with van der Waals surface area (Å²) < 4.78 is 15.5. The first-order valence-corrected chi connectivity index (χ1v) is 6.32. The topological polar surface area (TPSA) is 47.1 Å². The van der Waals surface area contributed by atoms with Crippen molar-refractivity contribution in [3.63, 3.8) is 0 Å². The number of hydrogen-bond acceptors (Lipinski definition) is 3. The van der Waals surface area contributed by atoms with Crippen LogP contribution in [0.1, 0.15) is 18.2 Å². The molecule has 2 aromatic rings. The van der Waals surface area contributed by atoms with Crippen LogP contribution in [-0.2, 0) is 13.1 Å². The summed E-state index contributed by atoms with van der Waals surface area (Å²) in [7, 11) is 1.89. The number of hydrogen-bond donors (Lipinski definition) is 1. The van der Waals surface area contributed by atoms with Crippen LogP contribution in [0.4, 0.5) is 15.9 Å². The van der Waals surface area contributed by atoms with E-state index < -0.39 is 0 Å². The molecule has 102 valence electrons. The van der Waals surface area contributed by atoms with Crippen molar-refractivity contribution in [2.45, 2.75) is 26.9 Å². The van der Waals surface area contributed by atoms with Gasteiger partial charge in [0.25, 0.3) is 0 Å². The lowest BCUT2D eigenvalue weighted by Crippen LogP contribution is -2.21. The molecular formula is C14H19FN4. The van der Waals surface area contributed by atoms with E-state index in [4.69, 9.17) is 5.73 Å². The number of rotatable bonds is 4. The zero-order valence-electron chi connectivity index (χ0n) is 11.5. The molecule has 0 fully saturated rings. The van der Waals surface area contributed by atoms with Gasteiger partial charge in [0.2, 0.25) is 0 Å². The Hall–Kier alpha value is -2.04. The number of aromatic nitrogens is 2. The SMILES string of the molecule is CCn1nc(C)c(N)c1N(C)Cc1ccccc1F. The van der Waals surface area contributed by atoms with Gasteiger partial charge < -0.3 is 10.6 Å². The lowest BCUT2D eigenvalue weighted by Gasteiger charge is -2.21. The third-order valence-electron chi connectivity index (χ3n) is 3.17. The molecule has 0 bridgehead atoms. The monoisotopic (exact) mass is 262 g/mol. The van der Waals surface area contributed by atoms with E-state index in [2.05, 4.69) is 5.10 Å². The highest BCUT2D eigenvalue weighted by molar-refractivity contribution is 5.66. The summed E-state index contributed by atoms with van der Waals surface area (Å²) in [4.78, 5) is 1.93. The first-order valence-electron chi connectivity index (χ1n) is 6.32. The summed E-state index contributed by atoms with van der Waals surface area (Å²) >= 11 is 0. The van der Waals surface area contributed by atoms with Crippen molar-refractivity contribution >= 4 is 11.5 Å². The van der Waals surface area contributed by atoms with Crippen molar-refractivity contribution in [1.82, 2.24) is 9.78 Å². The van der Waals surface area contributed by atoms with Gasteiger partial charge in [-0.1, -0.05) is 18.2 Å². The van der Waals surface area contributed by atoms with E-state index in [1.807, 2.05) is 36.5 Å². The largest absolute Gasteiger partial charge is 0.394 e. The molecule has 0 unspecified atom stereocenters. The molecule has 0 aliphatic heterocycles. The molecule has 0 saturated heterocycles. The van der Waals surface area contributed by atoms with Crippen LogP contribution in [0.15, 0.2) is 24.3 Å². The average molecular weight is 262 g/mol. The normalized spacial score (nSPS) is 10.7. The molecule has 0 amide bonds. The van der Waals surface area contributed by atoms with Gasteiger partial charge >= 0.3 is 0 Å². The van der Waals surface area contributed by atoms with Crippen molar-refractivity contribution in [2.24, 2.45) is 0 Å². The summed E-state index contributed by atoms with van der Waals surface area (Å²) in [5, 5.41) is 4.37. The van der Waals surface area contributed by atoms with Crippen LogP contribution >= 0.6 is 0 Å². The average Bonchev–Trinajstić information content (AvgIpc) is 2.68. The molecule has 1 aromatic heterocycles. The van der Waals surface area contributed by atoms with E-state index >= 15 is 0 Å². The van der Waals surface area contributed by atoms with Gasteiger partial charge in [-0.15, -0.1) is 0 Å². The highest BCUT2D eigenvalue weighted by Crippen LogP contribution is 2.27. The van der Waals surface area contributed by atoms with E-state index in [1.54, 1.807) is 12.1 Å². The zero-order valence-corrected chi connectivity index (χ0v) is 11.5. The maximum Gasteiger partial charge on any atom is 0.150 e. The van der Waals surface area contributed by atoms with Crippen LogP contribution in [0.25, 0.3) is 0 Å². The second kappa shape index (κ2) is 5.30. The number of halogens is 1. The lowest BCUT2D eigenvalue weighted by atomic mass is 10.2. The van der Waals surface area contributed by atoms with Gasteiger partial charge in [0.15, 0.2) is 5.82 Å². The fourth-order valence-electron chi connectivity index (χ4n) is 2.16. The third kappa shape index (κ3) is 2.54. The maximum absolute atomic E-state index is 13.7. The minimum Gasteiger partial charge on any atom is -0.394 e. The van der Waals surface area contributed by atoms with Crippen molar-refractivity contribution < 1.29 is 4.39 Å². The molecular weight excluding hydrogens is 243 g/mol. The Morgan fingerprint density at radius 2 is 2.05 bits per heavy atom. The molecule has 1 aromatic carbocycles. The van der Waals surface area contributed by atoms with Crippen molar-refractivity contribution in [1.29, 1.82) is 0 Å². The number of anilines is 2. The second-order valence-electron chi connectivity index (χ2n) is 4.59. The molecule has 19 heavy (non-hydrogen) atoms. The predicted octanol–water partition coefficient (Wildman–Crippen LogP) is 2.57. The summed E-state index contributed by atoms with van der Waals surface area (Å²) in [6.45, 7) is 5.07. The fraction of sp³-hybridized carbons (Fsp3) is 0.357. The van der Waals surface area contributed by atoms with Gasteiger partial charge in [-0.3, -0.25) is 0 Å². The number of aryl methyl sites for hydroxylation is 2. The first-order chi connectivity index (χ1) is 9.04. The molecule has 4 nitrogen and oxygen atoms in total. The summed E-state index contributed by atoms with van der Waals surface area (Å²) in [5.41, 5.74) is 8.15. The van der Waals surface area contributed by atoms with E-state index in [-0.39, 0.29) is 5.82 Å². The van der Waals surface area contributed by atoms with Gasteiger partial charge in [-0.25, -0.2) is 9.07 Å². The van der Waals surface area contributed by atoms with E-state index in [0.717, 1.165) is 18.1 Å². The van der Waals surface area contributed by atoms with E-state index in [1.165, 1.54) is 6.07 Å². The highest BCUT2D eigenvalue weighted by Gasteiger charge is 2.16. The number of nitrogens with two attached hydrogens (primary N) is 1. The van der Waals surface area contributed by atoms with Gasteiger partial charge in [0.1, 0.15) is 5.82 Å². The second-order valence-corrected chi connectivity index (χ2v) is 4.59. The van der Waals surface area contributed by atoms with Gasteiger partial charge in [0.05, 0.1) is 11.4 Å². The summed E-state index contributed by atoms with van der Waals surface area (Å²) in [6, 6.07) is 6.77. The van der Waals surface area contributed by atoms with E-state index in [0.29, 0.717) is 17.8 Å². The highest BCUT2D eigenvalue weighted by atomic mass is 19.1. The fourth-order valence-corrected chi connectivity index (χ4v) is 2.16. The molecule has 5 heteroatoms. The van der Waals surface area contributed by atoms with Crippen LogP contribution in [-0.4, -0.2) is 16.8 Å². The number of nitrogens with zero attached hydrogens (tertiary/aromatic N) is 3. The summed E-state index contributed by atoms with van der Waals surface area (Å²) in [6.07, 6.45) is 0. The van der Waals surface area contributed by atoms with Crippen LogP contribution < -0.4 is 10.6 Å². The quantitative estimate of drug-likeness (QED) is 0.921. The molecule has 1 heterocycles. The maximum atomic E-state index is 13.7. The lowest BCUT2D eigenvalue weighted by molar-refractivity contribution is 0.601. The molecule has 0 saturated carbocycles. The van der Waals surface area contributed by atoms with Gasteiger partial charge in [-0.05, 0) is 19.9 Å². The van der Waals surface area contributed by atoms with E-state index in [9.17, 15) is 4.39 Å². The smallest absolute Gasteiger partial charge is 0.150 e. The van der Waals surface area contributed by atoms with Crippen LogP contribution in [0.3, 0.4) is 0 Å². The minimum absolute atomic E-state index is 0.202. The molecule has 0 aliphatic carbocycles. The molecule has 0 radical (unpaired) electrons. The van der Waals surface area contributed by atoms with Crippen LogP contribution in [0, 0.1) is 12.7 Å². The molecule has 0 aliphatic rings. The van der Waals surface area contributed by atoms with Crippen LogP contribution in [0.5, 0.6) is 0 Å². The Labute approximate surface area is 112 Å². The molecule has 0 spiro atoms. The van der Waals surface area contributed by atoms with Crippen molar-refractivity contribution in [3.8, 4) is 0 Å². The predicted molar refractivity (Wildman–Crippen MR) is 75.6 cm³/mol. The minimum atomic E-state index is -0.202. The zero-order chi connectivity index (χ0) is 14.0. The molecule has 0 atom stereocenters.